The number of hydrogen-bond donors (Lipinski definition) is 0. The monoisotopic (exact) mass is 852 g/mol. The number of anilines is 3. The van der Waals surface area contributed by atoms with E-state index in [0.29, 0.717) is 0 Å². The minimum Gasteiger partial charge on any atom is -0.310 e. The quantitative estimate of drug-likeness (QED) is 0.148. The number of fused-ring (bicyclic) bond motifs is 7. The molecule has 0 amide bonds. The molecule has 0 N–H and O–H groups in total. The molecule has 11 aromatic carbocycles. The molecule has 0 spiro atoms. The van der Waals surface area contributed by atoms with Gasteiger partial charge in [-0.2, -0.15) is 0 Å². The lowest BCUT2D eigenvalue weighted by Gasteiger charge is -2.35. The Morgan fingerprint density at radius 1 is 0.313 bits per heavy atom. The molecule has 1 heterocycles. The first-order valence-corrected chi connectivity index (χ1v) is 23.2. The molecule has 314 valence electrons. The maximum atomic E-state index is 2.47. The average Bonchev–Trinajstić information content (AvgIpc) is 3.90. The Hall–Kier alpha value is -8.72. The number of rotatable bonds is 8. The Bertz CT molecular complexity index is 3750. The van der Waals surface area contributed by atoms with E-state index in [1.54, 1.807) is 0 Å². The van der Waals surface area contributed by atoms with E-state index in [9.17, 15) is 0 Å². The van der Waals surface area contributed by atoms with Crippen molar-refractivity contribution in [2.75, 3.05) is 4.90 Å². The third-order valence-corrected chi connectivity index (χ3v) is 14.1. The zero-order valence-electron chi connectivity index (χ0n) is 36.8. The van der Waals surface area contributed by atoms with Gasteiger partial charge in [-0.1, -0.05) is 212 Å². The van der Waals surface area contributed by atoms with Crippen LogP contribution in [-0.2, 0) is 5.41 Å². The van der Waals surface area contributed by atoms with Gasteiger partial charge >= 0.3 is 0 Å². The van der Waals surface area contributed by atoms with Crippen LogP contribution in [0, 0.1) is 0 Å². The van der Waals surface area contributed by atoms with Crippen LogP contribution in [0.15, 0.2) is 267 Å². The SMILES string of the molecule is c1ccc(-c2ccc(N(c3ccc4c(c3)C(c3ccccc3)(c3ccccc3)c3ccccc3-4)c3ccccc3-c3ccc4c5ccccc5n(-c5ccc6ccccc6c5)c4c3)cc2)cc1. The first kappa shape index (κ1) is 38.7. The lowest BCUT2D eigenvalue weighted by atomic mass is 9.67. The molecule has 0 saturated heterocycles. The Labute approximate surface area is 390 Å². The van der Waals surface area contributed by atoms with E-state index in [1.807, 2.05) is 0 Å². The van der Waals surface area contributed by atoms with Crippen molar-refractivity contribution >= 4 is 49.6 Å². The molecule has 0 radical (unpaired) electrons. The molecule has 13 rings (SSSR count). The fraction of sp³-hybridized carbons (Fsp3) is 0.0154. The Morgan fingerprint density at radius 2 is 0.881 bits per heavy atom. The van der Waals surface area contributed by atoms with Crippen molar-refractivity contribution in [3.63, 3.8) is 0 Å². The second kappa shape index (κ2) is 15.8. The van der Waals surface area contributed by atoms with E-state index in [2.05, 4.69) is 276 Å². The van der Waals surface area contributed by atoms with Gasteiger partial charge in [0.1, 0.15) is 0 Å². The van der Waals surface area contributed by atoms with Crippen molar-refractivity contribution < 1.29 is 0 Å². The van der Waals surface area contributed by atoms with Gasteiger partial charge in [-0.25, -0.2) is 0 Å². The van der Waals surface area contributed by atoms with Gasteiger partial charge in [-0.05, 0) is 115 Å². The molecule has 0 atom stereocenters. The molecule has 67 heavy (non-hydrogen) atoms. The van der Waals surface area contributed by atoms with Crippen molar-refractivity contribution in [1.82, 2.24) is 4.57 Å². The molecule has 2 nitrogen and oxygen atoms in total. The van der Waals surface area contributed by atoms with Crippen LogP contribution < -0.4 is 4.90 Å². The summed E-state index contributed by atoms with van der Waals surface area (Å²) in [6.45, 7) is 0. The molecular weight excluding hydrogens is 809 g/mol. The van der Waals surface area contributed by atoms with Crippen LogP contribution in [0.3, 0.4) is 0 Å². The van der Waals surface area contributed by atoms with Gasteiger partial charge in [0.15, 0.2) is 0 Å². The predicted octanol–water partition coefficient (Wildman–Crippen LogP) is 17.1. The van der Waals surface area contributed by atoms with Crippen molar-refractivity contribution in [1.29, 1.82) is 0 Å². The molecule has 0 bridgehead atoms. The fourth-order valence-corrected chi connectivity index (χ4v) is 11.1. The first-order chi connectivity index (χ1) is 33.2. The number of hydrogen-bond acceptors (Lipinski definition) is 1. The molecule has 0 saturated carbocycles. The number of aromatic nitrogens is 1. The molecular formula is C65H44N2. The fourth-order valence-electron chi connectivity index (χ4n) is 11.1. The summed E-state index contributed by atoms with van der Waals surface area (Å²) in [5, 5.41) is 4.93. The van der Waals surface area contributed by atoms with Crippen molar-refractivity contribution in [3.8, 4) is 39.1 Å². The highest BCUT2D eigenvalue weighted by atomic mass is 15.1. The van der Waals surface area contributed by atoms with Gasteiger partial charge in [0, 0.05) is 33.4 Å². The van der Waals surface area contributed by atoms with Crippen LogP contribution in [0.2, 0.25) is 0 Å². The molecule has 0 unspecified atom stereocenters. The van der Waals surface area contributed by atoms with Gasteiger partial charge in [0.05, 0.1) is 22.1 Å². The van der Waals surface area contributed by atoms with Crippen LogP contribution >= 0.6 is 0 Å². The van der Waals surface area contributed by atoms with E-state index in [1.165, 1.54) is 77.1 Å². The van der Waals surface area contributed by atoms with Gasteiger partial charge < -0.3 is 9.47 Å². The number of nitrogens with zero attached hydrogens (tertiary/aromatic N) is 2. The lowest BCUT2D eigenvalue weighted by molar-refractivity contribution is 0.768. The van der Waals surface area contributed by atoms with Crippen LogP contribution in [0.4, 0.5) is 17.1 Å². The summed E-state index contributed by atoms with van der Waals surface area (Å²) in [6, 6.07) is 98.2. The zero-order valence-corrected chi connectivity index (χ0v) is 36.8. The molecule has 1 aromatic heterocycles. The van der Waals surface area contributed by atoms with Crippen molar-refractivity contribution in [3.05, 3.63) is 289 Å². The number of benzene rings is 11. The molecule has 2 heteroatoms. The van der Waals surface area contributed by atoms with Crippen LogP contribution in [-0.4, -0.2) is 4.57 Å². The Balaban J connectivity index is 1.04. The molecule has 12 aromatic rings. The summed E-state index contributed by atoms with van der Waals surface area (Å²) < 4.78 is 2.44. The number of para-hydroxylation sites is 2. The first-order valence-electron chi connectivity index (χ1n) is 23.2. The van der Waals surface area contributed by atoms with Crippen LogP contribution in [0.25, 0.3) is 71.6 Å². The zero-order chi connectivity index (χ0) is 44.3. The highest BCUT2D eigenvalue weighted by molar-refractivity contribution is 6.11. The summed E-state index contributed by atoms with van der Waals surface area (Å²) in [6.07, 6.45) is 0. The van der Waals surface area contributed by atoms with E-state index in [4.69, 9.17) is 0 Å². The van der Waals surface area contributed by atoms with Crippen molar-refractivity contribution in [2.24, 2.45) is 0 Å². The van der Waals surface area contributed by atoms with Gasteiger partial charge in [0.2, 0.25) is 0 Å². The van der Waals surface area contributed by atoms with Crippen LogP contribution in [0.1, 0.15) is 22.3 Å². The van der Waals surface area contributed by atoms with Gasteiger partial charge in [-0.15, -0.1) is 0 Å². The summed E-state index contributed by atoms with van der Waals surface area (Å²) in [5.41, 5.74) is 18.5. The second-order valence-corrected chi connectivity index (χ2v) is 17.6. The minimum atomic E-state index is -0.534. The maximum absolute atomic E-state index is 2.47. The van der Waals surface area contributed by atoms with Gasteiger partial charge in [-0.3, -0.25) is 0 Å². The third-order valence-electron chi connectivity index (χ3n) is 14.1. The smallest absolute Gasteiger partial charge is 0.0714 e. The average molecular weight is 853 g/mol. The third kappa shape index (κ3) is 6.18. The highest BCUT2D eigenvalue weighted by Crippen LogP contribution is 2.57. The summed E-state index contributed by atoms with van der Waals surface area (Å²) in [7, 11) is 0. The molecule has 1 aliphatic carbocycles. The summed E-state index contributed by atoms with van der Waals surface area (Å²) in [5.74, 6) is 0. The van der Waals surface area contributed by atoms with E-state index < -0.39 is 5.41 Å². The largest absolute Gasteiger partial charge is 0.310 e. The molecule has 1 aliphatic rings. The predicted molar refractivity (Wildman–Crippen MR) is 281 cm³/mol. The molecule has 0 fully saturated rings. The molecule has 0 aliphatic heterocycles. The van der Waals surface area contributed by atoms with E-state index in [0.717, 1.165) is 33.9 Å². The summed E-state index contributed by atoms with van der Waals surface area (Å²) in [4.78, 5) is 2.47. The highest BCUT2D eigenvalue weighted by Gasteiger charge is 2.46. The standard InChI is InChI=1S/C65H44N2/c1-4-18-45(19-5-1)47-32-36-52(37-33-47)66(54-39-41-57-56-27-12-15-29-60(56)65(61(57)44-54,50-22-6-2-7-23-50)51-24-8-3-9-25-51)62-30-16-13-26-55(62)49-35-40-59-58-28-14-17-31-63(58)67(64(59)43-49)53-38-34-46-20-10-11-21-48(46)42-53/h1-44H. The van der Waals surface area contributed by atoms with E-state index >= 15 is 0 Å². The normalized spacial score (nSPS) is 12.6. The second-order valence-electron chi connectivity index (χ2n) is 17.6. The van der Waals surface area contributed by atoms with Crippen LogP contribution in [0.5, 0.6) is 0 Å². The minimum absolute atomic E-state index is 0.534. The Morgan fingerprint density at radius 3 is 1.66 bits per heavy atom. The summed E-state index contributed by atoms with van der Waals surface area (Å²) >= 11 is 0. The van der Waals surface area contributed by atoms with E-state index in [-0.39, 0.29) is 0 Å². The Kier molecular flexibility index (Phi) is 9.11. The lowest BCUT2D eigenvalue weighted by Crippen LogP contribution is -2.28. The maximum Gasteiger partial charge on any atom is 0.0714 e. The van der Waals surface area contributed by atoms with Gasteiger partial charge in [0.25, 0.3) is 0 Å². The van der Waals surface area contributed by atoms with Crippen molar-refractivity contribution in [2.45, 2.75) is 5.41 Å². The topological polar surface area (TPSA) is 8.17 Å².